The van der Waals surface area contributed by atoms with Crippen molar-refractivity contribution in [3.63, 3.8) is 0 Å². The summed E-state index contributed by atoms with van der Waals surface area (Å²) in [7, 11) is 0. The summed E-state index contributed by atoms with van der Waals surface area (Å²) >= 11 is 0. The van der Waals surface area contributed by atoms with Gasteiger partial charge in [0.25, 0.3) is 12.3 Å². The van der Waals surface area contributed by atoms with Gasteiger partial charge in [-0.25, -0.2) is 28.7 Å². The molecule has 0 saturated heterocycles. The number of rotatable bonds is 4. The van der Waals surface area contributed by atoms with Gasteiger partial charge in [-0.3, -0.25) is 19.9 Å². The Morgan fingerprint density at radius 2 is 1.89 bits per heavy atom. The van der Waals surface area contributed by atoms with Crippen LogP contribution in [0.25, 0.3) is 22.6 Å². The number of alkyl halides is 2. The van der Waals surface area contributed by atoms with E-state index in [-0.39, 0.29) is 17.0 Å². The van der Waals surface area contributed by atoms with Crippen molar-refractivity contribution in [3.05, 3.63) is 66.1 Å². The molecule has 0 radical (unpaired) electrons. The Labute approximate surface area is 157 Å². The molecule has 0 aromatic carbocycles. The second-order valence-electron chi connectivity index (χ2n) is 5.85. The summed E-state index contributed by atoms with van der Waals surface area (Å²) in [6.07, 6.45) is 5.79. The topological polar surface area (TPSA) is 98.5 Å². The van der Waals surface area contributed by atoms with Gasteiger partial charge in [-0.15, -0.1) is 0 Å². The van der Waals surface area contributed by atoms with Crippen molar-refractivity contribution in [2.75, 3.05) is 5.43 Å². The molecular formula is C18H13F2N7O. The predicted molar refractivity (Wildman–Crippen MR) is 96.2 cm³/mol. The summed E-state index contributed by atoms with van der Waals surface area (Å²) < 4.78 is 27.7. The maximum atomic E-state index is 13.3. The molecule has 8 nitrogen and oxygen atoms in total. The van der Waals surface area contributed by atoms with Crippen LogP contribution in [0, 0.1) is 6.92 Å². The van der Waals surface area contributed by atoms with E-state index in [4.69, 9.17) is 0 Å². The monoisotopic (exact) mass is 381 g/mol. The van der Waals surface area contributed by atoms with Gasteiger partial charge < -0.3 is 0 Å². The Morgan fingerprint density at radius 1 is 1.11 bits per heavy atom. The number of aromatic nitrogens is 6. The van der Waals surface area contributed by atoms with Crippen LogP contribution in [0.5, 0.6) is 0 Å². The third kappa shape index (κ3) is 3.15. The maximum Gasteiger partial charge on any atom is 0.273 e. The van der Waals surface area contributed by atoms with Gasteiger partial charge in [-0.05, 0) is 19.1 Å². The third-order valence-electron chi connectivity index (χ3n) is 4.09. The van der Waals surface area contributed by atoms with Crippen LogP contribution in [0.2, 0.25) is 0 Å². The van der Waals surface area contributed by atoms with E-state index in [1.54, 1.807) is 25.4 Å². The number of fused-ring (bicyclic) bond motifs is 1. The van der Waals surface area contributed by atoms with Crippen LogP contribution in [0.1, 0.15) is 28.0 Å². The van der Waals surface area contributed by atoms with E-state index in [0.717, 1.165) is 0 Å². The maximum absolute atomic E-state index is 13.3. The molecule has 4 aromatic heterocycles. The van der Waals surface area contributed by atoms with Gasteiger partial charge in [-0.2, -0.15) is 0 Å². The van der Waals surface area contributed by atoms with Gasteiger partial charge in [0, 0.05) is 41.9 Å². The third-order valence-corrected chi connectivity index (χ3v) is 4.09. The fourth-order valence-corrected chi connectivity index (χ4v) is 2.75. The lowest BCUT2D eigenvalue weighted by atomic mass is 10.2. The molecule has 4 heterocycles. The number of hydrogen-bond donors (Lipinski definition) is 1. The molecule has 1 N–H and O–H groups in total. The minimum absolute atomic E-state index is 0.192. The summed E-state index contributed by atoms with van der Waals surface area (Å²) in [5, 5.41) is 0.315. The molecule has 28 heavy (non-hydrogen) atoms. The van der Waals surface area contributed by atoms with E-state index < -0.39 is 12.3 Å². The number of pyridine rings is 1. The largest absolute Gasteiger partial charge is 0.273 e. The van der Waals surface area contributed by atoms with E-state index in [1.165, 1.54) is 35.5 Å². The number of nitrogens with zero attached hydrogens (tertiary/aromatic N) is 6. The van der Waals surface area contributed by atoms with E-state index >= 15 is 0 Å². The zero-order valence-corrected chi connectivity index (χ0v) is 14.5. The van der Waals surface area contributed by atoms with E-state index in [2.05, 4.69) is 30.3 Å². The zero-order chi connectivity index (χ0) is 19.7. The summed E-state index contributed by atoms with van der Waals surface area (Å²) in [5.74, 6) is 0.0754. The molecule has 0 spiro atoms. The minimum atomic E-state index is -2.68. The number of amides is 1. The molecule has 0 fully saturated rings. The smallest absolute Gasteiger partial charge is 0.267 e. The average Bonchev–Trinajstić information content (AvgIpc) is 3.07. The van der Waals surface area contributed by atoms with Crippen molar-refractivity contribution >= 4 is 16.8 Å². The Bertz CT molecular complexity index is 1160. The highest BCUT2D eigenvalue weighted by Crippen LogP contribution is 2.28. The molecule has 0 unspecified atom stereocenters. The first kappa shape index (κ1) is 17.6. The van der Waals surface area contributed by atoms with E-state index in [0.29, 0.717) is 22.4 Å². The summed E-state index contributed by atoms with van der Waals surface area (Å²) in [5.41, 5.74) is 3.34. The number of carbonyl (C=O) groups excluding carboxylic acids is 1. The van der Waals surface area contributed by atoms with Crippen molar-refractivity contribution in [2.24, 2.45) is 0 Å². The highest BCUT2D eigenvalue weighted by molar-refractivity contribution is 6.01. The highest BCUT2D eigenvalue weighted by Gasteiger charge is 2.19. The van der Waals surface area contributed by atoms with E-state index in [1.807, 2.05) is 0 Å². The molecule has 0 bridgehead atoms. The number of hydrogen-bond acceptors (Lipinski definition) is 6. The molecule has 4 rings (SSSR count). The van der Waals surface area contributed by atoms with Crippen LogP contribution in [0.15, 0.2) is 49.3 Å². The van der Waals surface area contributed by atoms with Gasteiger partial charge in [0.1, 0.15) is 0 Å². The van der Waals surface area contributed by atoms with Gasteiger partial charge in [0.05, 0.1) is 23.0 Å². The molecule has 4 aromatic rings. The summed E-state index contributed by atoms with van der Waals surface area (Å²) in [6.45, 7) is 1.64. The normalized spacial score (nSPS) is 11.1. The van der Waals surface area contributed by atoms with Crippen LogP contribution in [-0.4, -0.2) is 35.5 Å². The van der Waals surface area contributed by atoms with Crippen molar-refractivity contribution in [1.82, 2.24) is 29.6 Å². The van der Waals surface area contributed by atoms with Gasteiger partial charge >= 0.3 is 0 Å². The van der Waals surface area contributed by atoms with Gasteiger partial charge in [0.15, 0.2) is 11.6 Å². The standard InChI is InChI=1S/C18H13F2N7O/c1-10-12(7-24-17(25-10)16-22-4-2-5-23-16)18(28)26-27-9-13(15(19)20)11-3-6-21-8-14(11)27/h2-9,15H,1H3,(H,26,28). The molecule has 0 atom stereocenters. The summed E-state index contributed by atoms with van der Waals surface area (Å²) in [4.78, 5) is 33.1. The van der Waals surface area contributed by atoms with Crippen molar-refractivity contribution in [1.29, 1.82) is 0 Å². The van der Waals surface area contributed by atoms with Crippen LogP contribution in [-0.2, 0) is 0 Å². The second kappa shape index (κ2) is 7.06. The highest BCUT2D eigenvalue weighted by atomic mass is 19.3. The van der Waals surface area contributed by atoms with Crippen LogP contribution in [0.4, 0.5) is 8.78 Å². The minimum Gasteiger partial charge on any atom is -0.267 e. The molecule has 1 amide bonds. The van der Waals surface area contributed by atoms with Crippen LogP contribution >= 0.6 is 0 Å². The Balaban J connectivity index is 1.65. The summed E-state index contributed by atoms with van der Waals surface area (Å²) in [6, 6.07) is 3.14. The molecule has 10 heteroatoms. The Morgan fingerprint density at radius 3 is 2.61 bits per heavy atom. The predicted octanol–water partition coefficient (Wildman–Crippen LogP) is 2.91. The SMILES string of the molecule is Cc1nc(-c2ncccn2)ncc1C(=O)Nn1cc(C(F)F)c2ccncc21. The lowest BCUT2D eigenvalue weighted by Gasteiger charge is -2.09. The van der Waals surface area contributed by atoms with Gasteiger partial charge in [-0.1, -0.05) is 0 Å². The lowest BCUT2D eigenvalue weighted by molar-refractivity contribution is 0.101. The molecule has 0 aliphatic heterocycles. The quantitative estimate of drug-likeness (QED) is 0.584. The molecular weight excluding hydrogens is 368 g/mol. The zero-order valence-electron chi connectivity index (χ0n) is 14.5. The number of aryl methyl sites for hydroxylation is 1. The average molecular weight is 381 g/mol. The second-order valence-corrected chi connectivity index (χ2v) is 5.85. The van der Waals surface area contributed by atoms with Crippen LogP contribution < -0.4 is 5.43 Å². The fraction of sp³-hybridized carbons (Fsp3) is 0.111. The molecule has 140 valence electrons. The van der Waals surface area contributed by atoms with Crippen molar-refractivity contribution in [2.45, 2.75) is 13.3 Å². The molecule has 0 saturated carbocycles. The first-order chi connectivity index (χ1) is 13.5. The first-order valence-electron chi connectivity index (χ1n) is 8.20. The van der Waals surface area contributed by atoms with E-state index in [9.17, 15) is 13.6 Å². The lowest BCUT2D eigenvalue weighted by Crippen LogP contribution is -2.23. The Kier molecular flexibility index (Phi) is 4.44. The van der Waals surface area contributed by atoms with Crippen molar-refractivity contribution < 1.29 is 13.6 Å². The Hall–Kier alpha value is -3.82. The molecule has 0 aliphatic carbocycles. The van der Waals surface area contributed by atoms with Gasteiger partial charge in [0.2, 0.25) is 0 Å². The van der Waals surface area contributed by atoms with Crippen LogP contribution in [0.3, 0.4) is 0 Å². The van der Waals surface area contributed by atoms with Crippen molar-refractivity contribution in [3.8, 4) is 11.6 Å². The fourth-order valence-electron chi connectivity index (χ4n) is 2.75. The first-order valence-corrected chi connectivity index (χ1v) is 8.20. The number of carbonyl (C=O) groups is 1. The molecule has 0 aliphatic rings. The number of halogens is 2. The number of nitrogens with one attached hydrogen (secondary N) is 1.